The standard InChI is InChI=1S/C64H76N4O13S/c1-6-64(2,3)60(73)61(74)68-32-9-8-15-52(68)62(75)81-53(27-16-42-17-28-54(76-4)57(39-42)77-5)45-14-12-13-43(37-45)38-47(69)24-29-58(72)65-30-35-78-33-10-7-11-34-79-36-31-66-63(82)67-46-20-18-44(19-21-46)59-50-25-22-48(70)40-55(50)80-56-41-49(71)23-26-51(56)59/h12-14,17-23,25-26,28,37,39-41,52-53,70H,6-11,15-16,24,27,29-36,38H2,1-5H3,(H,65,72)(H2,66,67,82). The van der Waals surface area contributed by atoms with E-state index in [2.05, 4.69) is 16.0 Å². The molecular formula is C64H76N4O13S. The van der Waals surface area contributed by atoms with Crippen molar-refractivity contribution in [1.82, 2.24) is 15.5 Å². The number of carbonyl (C=O) groups excluding carboxylic acids is 5. The number of thiocarbonyl (C=S) groups is 1. The van der Waals surface area contributed by atoms with E-state index in [1.54, 1.807) is 46.3 Å². The Morgan fingerprint density at radius 3 is 2.27 bits per heavy atom. The van der Waals surface area contributed by atoms with Crippen molar-refractivity contribution in [2.75, 3.05) is 65.6 Å². The van der Waals surface area contributed by atoms with Gasteiger partial charge in [-0.2, -0.15) is 0 Å². The summed E-state index contributed by atoms with van der Waals surface area (Å²) < 4.78 is 34.7. The zero-order valence-electron chi connectivity index (χ0n) is 47.6. The minimum absolute atomic E-state index is 0.0359. The molecule has 0 saturated carbocycles. The molecule has 4 aromatic rings. The van der Waals surface area contributed by atoms with Crippen LogP contribution in [0.25, 0.3) is 33.4 Å². The van der Waals surface area contributed by atoms with E-state index in [0.717, 1.165) is 52.6 Å². The molecule has 3 aliphatic rings. The average Bonchev–Trinajstić information content (AvgIpc) is 3.60. The Hall–Kier alpha value is -7.67. The summed E-state index contributed by atoms with van der Waals surface area (Å²) in [6.45, 7) is 8.45. The fraction of sp³-hybridized carbons (Fsp3) is 0.422. The maximum atomic E-state index is 14.1. The van der Waals surface area contributed by atoms with Crippen molar-refractivity contribution in [2.45, 2.75) is 110 Å². The van der Waals surface area contributed by atoms with Crippen LogP contribution in [0.5, 0.6) is 17.2 Å². The van der Waals surface area contributed by atoms with Crippen LogP contribution in [-0.4, -0.2) is 111 Å². The number of esters is 1. The van der Waals surface area contributed by atoms with Crippen molar-refractivity contribution in [3.63, 3.8) is 0 Å². The molecule has 0 bridgehead atoms. The Kier molecular flexibility index (Phi) is 23.0. The Labute approximate surface area is 484 Å². The third-order valence-corrected chi connectivity index (χ3v) is 15.0. The number of nitrogens with zero attached hydrogens (tertiary/aromatic N) is 1. The molecule has 436 valence electrons. The number of methoxy groups -OCH3 is 2. The molecule has 0 radical (unpaired) electrons. The first-order valence-corrected chi connectivity index (χ1v) is 28.6. The lowest BCUT2D eigenvalue weighted by molar-refractivity contribution is -0.164. The number of anilines is 1. The van der Waals surface area contributed by atoms with Gasteiger partial charge in [-0.15, -0.1) is 0 Å². The van der Waals surface area contributed by atoms with Crippen molar-refractivity contribution in [1.29, 1.82) is 0 Å². The number of aryl methyl sites for hydroxylation is 1. The topological polar surface area (TPSA) is 221 Å². The van der Waals surface area contributed by atoms with Gasteiger partial charge in [-0.25, -0.2) is 4.79 Å². The number of likely N-dealkylation sites (tertiary alicyclic amines) is 1. The molecule has 2 heterocycles. The summed E-state index contributed by atoms with van der Waals surface area (Å²) in [5.74, 6) is -0.466. The highest BCUT2D eigenvalue weighted by Gasteiger charge is 2.41. The fourth-order valence-electron chi connectivity index (χ4n) is 9.76. The lowest BCUT2D eigenvalue weighted by Gasteiger charge is -2.36. The number of unbranched alkanes of at least 4 members (excludes halogenated alkanes) is 2. The molecule has 4 N–H and O–H groups in total. The summed E-state index contributed by atoms with van der Waals surface area (Å²) >= 11 is 5.51. The van der Waals surface area contributed by atoms with Crippen LogP contribution in [0.15, 0.2) is 112 Å². The molecule has 18 heteroatoms. The predicted molar refractivity (Wildman–Crippen MR) is 318 cm³/mol. The largest absolute Gasteiger partial charge is 0.508 e. The highest BCUT2D eigenvalue weighted by atomic mass is 32.1. The summed E-state index contributed by atoms with van der Waals surface area (Å²) in [7, 11) is 3.13. The number of hydrogen-bond acceptors (Lipinski definition) is 14. The van der Waals surface area contributed by atoms with E-state index in [0.29, 0.717) is 117 Å². The summed E-state index contributed by atoms with van der Waals surface area (Å²) in [6, 6.07) is 29.5. The van der Waals surface area contributed by atoms with Crippen LogP contribution in [0.1, 0.15) is 108 Å². The summed E-state index contributed by atoms with van der Waals surface area (Å²) in [4.78, 5) is 80.3. The lowest BCUT2D eigenvalue weighted by atomic mass is 9.84. The van der Waals surface area contributed by atoms with E-state index in [1.165, 1.54) is 23.1 Å². The van der Waals surface area contributed by atoms with Crippen LogP contribution in [0, 0.1) is 5.41 Å². The molecule has 7 rings (SSSR count). The van der Waals surface area contributed by atoms with Gasteiger partial charge in [0.1, 0.15) is 35.0 Å². The van der Waals surface area contributed by atoms with Crippen molar-refractivity contribution >= 4 is 63.3 Å². The number of ketones is 2. The predicted octanol–water partition coefficient (Wildman–Crippen LogP) is 10.1. The molecule has 0 spiro atoms. The van der Waals surface area contributed by atoms with E-state index >= 15 is 0 Å². The molecule has 2 unspecified atom stereocenters. The van der Waals surface area contributed by atoms with E-state index in [4.69, 9.17) is 40.3 Å². The Morgan fingerprint density at radius 1 is 0.793 bits per heavy atom. The van der Waals surface area contributed by atoms with Gasteiger partial charge in [0, 0.05) is 91.9 Å². The first-order chi connectivity index (χ1) is 39.6. The number of carbonyl (C=O) groups is 5. The minimum Gasteiger partial charge on any atom is -0.508 e. The van der Waals surface area contributed by atoms with Gasteiger partial charge in [0.05, 0.1) is 27.4 Å². The van der Waals surface area contributed by atoms with Gasteiger partial charge >= 0.3 is 5.97 Å². The number of Topliss-reactive ketones (excluding diaryl/α,β-unsaturated/α-hetero) is 2. The number of nitrogens with one attached hydrogen (secondary N) is 3. The van der Waals surface area contributed by atoms with Gasteiger partial charge in [0.2, 0.25) is 11.7 Å². The monoisotopic (exact) mass is 1140 g/mol. The van der Waals surface area contributed by atoms with Crippen LogP contribution >= 0.6 is 12.2 Å². The van der Waals surface area contributed by atoms with Crippen molar-refractivity contribution in [3.05, 3.63) is 130 Å². The number of piperidine rings is 1. The average molecular weight is 1140 g/mol. The Morgan fingerprint density at radius 2 is 1.54 bits per heavy atom. The smallest absolute Gasteiger partial charge is 0.329 e. The van der Waals surface area contributed by atoms with Crippen LogP contribution in [0.4, 0.5) is 5.69 Å². The summed E-state index contributed by atoms with van der Waals surface area (Å²) in [6.07, 6.45) is 5.18. The fourth-order valence-corrected chi connectivity index (χ4v) is 9.98. The van der Waals surface area contributed by atoms with Crippen molar-refractivity contribution < 1.29 is 57.2 Å². The lowest BCUT2D eigenvalue weighted by Crippen LogP contribution is -2.53. The quantitative estimate of drug-likeness (QED) is 0.0108. The van der Waals surface area contributed by atoms with Crippen LogP contribution in [-0.2, 0) is 51.0 Å². The van der Waals surface area contributed by atoms with Gasteiger partial charge in [0.25, 0.3) is 5.91 Å². The Balaban J connectivity index is 0.769. The first kappa shape index (κ1) is 61.9. The molecule has 17 nitrogen and oxygen atoms in total. The number of hydrogen-bond donors (Lipinski definition) is 4. The normalized spacial score (nSPS) is 13.8. The number of benzene rings is 5. The maximum absolute atomic E-state index is 14.1. The molecule has 1 aliphatic carbocycles. The second-order valence-corrected chi connectivity index (χ2v) is 21.5. The number of rotatable bonds is 30. The van der Waals surface area contributed by atoms with Crippen LogP contribution < -0.4 is 30.9 Å². The zero-order valence-corrected chi connectivity index (χ0v) is 48.4. The maximum Gasteiger partial charge on any atom is 0.329 e. The highest BCUT2D eigenvalue weighted by molar-refractivity contribution is 7.80. The number of amides is 2. The van der Waals surface area contributed by atoms with Gasteiger partial charge in [-0.3, -0.25) is 24.0 Å². The van der Waals surface area contributed by atoms with Crippen LogP contribution in [0.2, 0.25) is 0 Å². The van der Waals surface area contributed by atoms with Gasteiger partial charge in [-0.05, 0) is 141 Å². The number of aromatic hydroxyl groups is 1. The van der Waals surface area contributed by atoms with E-state index in [-0.39, 0.29) is 48.7 Å². The molecule has 82 heavy (non-hydrogen) atoms. The van der Waals surface area contributed by atoms with Gasteiger partial charge in [-0.1, -0.05) is 63.2 Å². The second kappa shape index (κ2) is 30.4. The molecule has 2 amide bonds. The van der Waals surface area contributed by atoms with E-state index < -0.39 is 35.2 Å². The number of phenols is 1. The van der Waals surface area contributed by atoms with Crippen molar-refractivity contribution in [2.24, 2.45) is 5.41 Å². The molecule has 4 aromatic carbocycles. The van der Waals surface area contributed by atoms with Gasteiger partial charge in [0.15, 0.2) is 22.0 Å². The molecule has 2 atom stereocenters. The SMILES string of the molecule is CCC(C)(C)C(=O)C(=O)N1CCCCC1C(=O)OC(CCc1ccc(OC)c(OC)c1)c1cccc(CC(=O)CCC(=O)NCCOCCCCCOCCNC(=S)Nc2ccc(-c3c4ccc(=O)cc-4oc4cc(O)ccc34)cc2)c1. The number of fused-ring (bicyclic) bond motifs is 2. The molecular weight excluding hydrogens is 1060 g/mol. The molecule has 1 fully saturated rings. The summed E-state index contributed by atoms with van der Waals surface area (Å²) in [5.41, 5.74) is 5.14. The van der Waals surface area contributed by atoms with Gasteiger partial charge < -0.3 is 54.1 Å². The Bertz CT molecular complexity index is 3200. The second-order valence-electron chi connectivity index (χ2n) is 21.1. The third-order valence-electron chi connectivity index (χ3n) is 14.8. The highest BCUT2D eigenvalue weighted by Crippen LogP contribution is 2.41. The van der Waals surface area contributed by atoms with E-state index in [9.17, 15) is 33.9 Å². The zero-order chi connectivity index (χ0) is 58.6. The number of ether oxygens (including phenoxy) is 5. The van der Waals surface area contributed by atoms with Crippen LogP contribution in [0.3, 0.4) is 0 Å². The third kappa shape index (κ3) is 17.4. The minimum atomic E-state index is -0.905. The molecule has 2 aliphatic heterocycles. The summed E-state index contributed by atoms with van der Waals surface area (Å²) in [5, 5.41) is 20.5. The molecule has 0 aromatic heterocycles. The molecule has 1 saturated heterocycles. The van der Waals surface area contributed by atoms with E-state index in [1.807, 2.05) is 73.7 Å². The first-order valence-electron chi connectivity index (χ1n) is 28.2. The van der Waals surface area contributed by atoms with Crippen molar-refractivity contribution in [3.8, 4) is 39.7 Å². The number of phenolic OH excluding ortho intramolecular Hbond substituents is 1.